The number of benzene rings is 1. The van der Waals surface area contributed by atoms with Crippen LogP contribution in [0.25, 0.3) is 0 Å². The van der Waals surface area contributed by atoms with Crippen molar-refractivity contribution < 1.29 is 15.0 Å². The van der Waals surface area contributed by atoms with Gasteiger partial charge in [0.2, 0.25) is 5.91 Å². The Kier molecular flexibility index (Phi) is 5.78. The van der Waals surface area contributed by atoms with E-state index in [1.165, 1.54) is 4.88 Å². The van der Waals surface area contributed by atoms with Crippen molar-refractivity contribution >= 4 is 17.2 Å². The van der Waals surface area contributed by atoms with Crippen molar-refractivity contribution in [1.29, 1.82) is 0 Å². The largest absolute Gasteiger partial charge is 0.508 e. The number of aromatic hydroxyl groups is 1. The average molecular weight is 305 g/mol. The third kappa shape index (κ3) is 5.21. The highest BCUT2D eigenvalue weighted by atomic mass is 32.1. The van der Waals surface area contributed by atoms with Crippen molar-refractivity contribution in [2.75, 3.05) is 6.61 Å². The monoisotopic (exact) mass is 305 g/mol. The summed E-state index contributed by atoms with van der Waals surface area (Å²) in [6, 6.07) is 10.5. The van der Waals surface area contributed by atoms with Crippen molar-refractivity contribution in [3.63, 3.8) is 0 Å². The van der Waals surface area contributed by atoms with E-state index in [-0.39, 0.29) is 24.3 Å². The lowest BCUT2D eigenvalue weighted by atomic mass is 10.1. The molecule has 4 nitrogen and oxygen atoms in total. The Bertz CT molecular complexity index is 551. The van der Waals surface area contributed by atoms with Gasteiger partial charge in [-0.05, 0) is 42.0 Å². The Morgan fingerprint density at radius 2 is 2.00 bits per heavy atom. The second kappa shape index (κ2) is 7.81. The van der Waals surface area contributed by atoms with Gasteiger partial charge in [0.15, 0.2) is 0 Å². The summed E-state index contributed by atoms with van der Waals surface area (Å²) in [4.78, 5) is 13.1. The van der Waals surface area contributed by atoms with E-state index < -0.39 is 0 Å². The van der Waals surface area contributed by atoms with Gasteiger partial charge in [0.05, 0.1) is 12.6 Å². The van der Waals surface area contributed by atoms with Crippen LogP contribution >= 0.6 is 11.3 Å². The molecule has 21 heavy (non-hydrogen) atoms. The van der Waals surface area contributed by atoms with E-state index in [0.29, 0.717) is 12.8 Å². The van der Waals surface area contributed by atoms with Gasteiger partial charge in [0.1, 0.15) is 5.75 Å². The third-order valence-electron chi connectivity index (χ3n) is 3.18. The number of amides is 1. The number of phenolic OH excluding ortho intramolecular Hbond substituents is 1. The number of aliphatic hydroxyl groups excluding tert-OH is 1. The van der Waals surface area contributed by atoms with E-state index in [1.54, 1.807) is 35.6 Å². The van der Waals surface area contributed by atoms with Gasteiger partial charge < -0.3 is 15.5 Å². The zero-order valence-electron chi connectivity index (χ0n) is 11.7. The standard InChI is InChI=1S/C16H19NO3S/c18-11-13(10-12-3-5-14(19)6-4-12)17-16(20)8-7-15-2-1-9-21-15/h1-6,9,13,18-19H,7-8,10-11H2,(H,17,20)/t13-/m0/s1. The molecule has 0 spiro atoms. The highest BCUT2D eigenvalue weighted by Crippen LogP contribution is 2.12. The minimum absolute atomic E-state index is 0.0544. The predicted molar refractivity (Wildman–Crippen MR) is 83.5 cm³/mol. The second-order valence-electron chi connectivity index (χ2n) is 4.90. The number of thiophene rings is 1. The lowest BCUT2D eigenvalue weighted by molar-refractivity contribution is -0.122. The summed E-state index contributed by atoms with van der Waals surface area (Å²) in [6.07, 6.45) is 1.69. The molecule has 0 bridgehead atoms. The first-order valence-corrected chi connectivity index (χ1v) is 7.76. The minimum Gasteiger partial charge on any atom is -0.508 e. The van der Waals surface area contributed by atoms with Crippen molar-refractivity contribution in [3.05, 3.63) is 52.2 Å². The molecule has 0 aliphatic heterocycles. The van der Waals surface area contributed by atoms with Crippen molar-refractivity contribution in [1.82, 2.24) is 5.32 Å². The molecule has 0 radical (unpaired) electrons. The first-order chi connectivity index (χ1) is 10.2. The molecule has 1 atom stereocenters. The number of aliphatic hydroxyl groups is 1. The van der Waals surface area contributed by atoms with Crippen LogP contribution in [-0.2, 0) is 17.6 Å². The Morgan fingerprint density at radius 1 is 1.24 bits per heavy atom. The third-order valence-corrected chi connectivity index (χ3v) is 4.12. The fourth-order valence-corrected chi connectivity index (χ4v) is 2.78. The summed E-state index contributed by atoms with van der Waals surface area (Å²) in [7, 11) is 0. The van der Waals surface area contributed by atoms with Crippen LogP contribution in [0.3, 0.4) is 0 Å². The first-order valence-electron chi connectivity index (χ1n) is 6.88. The molecule has 1 heterocycles. The Morgan fingerprint density at radius 3 is 2.62 bits per heavy atom. The summed E-state index contributed by atoms with van der Waals surface area (Å²) >= 11 is 1.64. The smallest absolute Gasteiger partial charge is 0.220 e. The van der Waals surface area contributed by atoms with Gasteiger partial charge in [0, 0.05) is 11.3 Å². The number of hydrogen-bond donors (Lipinski definition) is 3. The highest BCUT2D eigenvalue weighted by molar-refractivity contribution is 7.09. The number of nitrogens with one attached hydrogen (secondary N) is 1. The van der Waals surface area contributed by atoms with Crippen LogP contribution in [0.5, 0.6) is 5.75 Å². The molecule has 0 saturated heterocycles. The van der Waals surface area contributed by atoms with Gasteiger partial charge in [0.25, 0.3) is 0 Å². The zero-order chi connectivity index (χ0) is 15.1. The first kappa shape index (κ1) is 15.5. The maximum absolute atomic E-state index is 11.9. The molecule has 1 aromatic carbocycles. The molecule has 1 aromatic heterocycles. The number of carbonyl (C=O) groups excluding carboxylic acids is 1. The van der Waals surface area contributed by atoms with Crippen LogP contribution in [0.2, 0.25) is 0 Å². The van der Waals surface area contributed by atoms with Crippen LogP contribution in [0, 0.1) is 0 Å². The van der Waals surface area contributed by atoms with Gasteiger partial charge >= 0.3 is 0 Å². The molecule has 1 amide bonds. The highest BCUT2D eigenvalue weighted by Gasteiger charge is 2.12. The molecule has 3 N–H and O–H groups in total. The number of phenols is 1. The fourth-order valence-electron chi connectivity index (χ4n) is 2.07. The van der Waals surface area contributed by atoms with Gasteiger partial charge in [-0.2, -0.15) is 0 Å². The summed E-state index contributed by atoms with van der Waals surface area (Å²) in [5.41, 5.74) is 0.963. The molecule has 0 saturated carbocycles. The minimum atomic E-state index is -0.301. The van der Waals surface area contributed by atoms with E-state index in [0.717, 1.165) is 12.0 Å². The summed E-state index contributed by atoms with van der Waals surface area (Å²) in [5.74, 6) is 0.153. The molecule has 112 valence electrons. The molecule has 0 unspecified atom stereocenters. The molecule has 0 aliphatic rings. The zero-order valence-corrected chi connectivity index (χ0v) is 12.5. The van der Waals surface area contributed by atoms with E-state index in [2.05, 4.69) is 5.32 Å². The van der Waals surface area contributed by atoms with E-state index >= 15 is 0 Å². The van der Waals surface area contributed by atoms with Gasteiger partial charge in [-0.3, -0.25) is 4.79 Å². The molecular formula is C16H19NO3S. The SMILES string of the molecule is O=C(CCc1cccs1)N[C@H](CO)Cc1ccc(O)cc1. The van der Waals surface area contributed by atoms with Crippen LogP contribution < -0.4 is 5.32 Å². The molecule has 0 fully saturated rings. The summed E-state index contributed by atoms with van der Waals surface area (Å²) in [5, 5.41) is 23.5. The Hall–Kier alpha value is -1.85. The van der Waals surface area contributed by atoms with E-state index in [4.69, 9.17) is 0 Å². The number of rotatable bonds is 7. The maximum atomic E-state index is 11.9. The van der Waals surface area contributed by atoms with Crippen LogP contribution in [0.4, 0.5) is 0 Å². The number of aryl methyl sites for hydroxylation is 1. The van der Waals surface area contributed by atoms with Crippen molar-refractivity contribution in [2.45, 2.75) is 25.3 Å². The lowest BCUT2D eigenvalue weighted by Crippen LogP contribution is -2.39. The van der Waals surface area contributed by atoms with Gasteiger partial charge in [-0.1, -0.05) is 18.2 Å². The van der Waals surface area contributed by atoms with Gasteiger partial charge in [-0.25, -0.2) is 0 Å². The maximum Gasteiger partial charge on any atom is 0.220 e. The molecule has 2 rings (SSSR count). The van der Waals surface area contributed by atoms with E-state index in [9.17, 15) is 15.0 Å². The summed E-state index contributed by atoms with van der Waals surface area (Å²) < 4.78 is 0. The van der Waals surface area contributed by atoms with Gasteiger partial charge in [-0.15, -0.1) is 11.3 Å². The topological polar surface area (TPSA) is 69.6 Å². The second-order valence-corrected chi connectivity index (χ2v) is 5.93. The average Bonchev–Trinajstić information content (AvgIpc) is 3.00. The molecule has 5 heteroatoms. The van der Waals surface area contributed by atoms with Crippen molar-refractivity contribution in [3.8, 4) is 5.75 Å². The van der Waals surface area contributed by atoms with E-state index in [1.807, 2.05) is 17.5 Å². The normalized spacial score (nSPS) is 12.0. The molecular weight excluding hydrogens is 286 g/mol. The Labute approximate surface area is 128 Å². The van der Waals surface area contributed by atoms with Crippen LogP contribution in [0.1, 0.15) is 16.9 Å². The lowest BCUT2D eigenvalue weighted by Gasteiger charge is -2.16. The quantitative estimate of drug-likeness (QED) is 0.734. The predicted octanol–water partition coefficient (Wildman–Crippen LogP) is 2.11. The number of hydrogen-bond acceptors (Lipinski definition) is 4. The molecule has 0 aliphatic carbocycles. The van der Waals surface area contributed by atoms with Crippen LogP contribution in [-0.4, -0.2) is 28.8 Å². The fraction of sp³-hybridized carbons (Fsp3) is 0.312. The van der Waals surface area contributed by atoms with Crippen LogP contribution in [0.15, 0.2) is 41.8 Å². The summed E-state index contributed by atoms with van der Waals surface area (Å²) in [6.45, 7) is -0.106. The molecule has 2 aromatic rings. The Balaban J connectivity index is 1.80. The number of carbonyl (C=O) groups is 1. The van der Waals surface area contributed by atoms with Crippen molar-refractivity contribution in [2.24, 2.45) is 0 Å².